The fourth-order valence-electron chi connectivity index (χ4n) is 3.96. The summed E-state index contributed by atoms with van der Waals surface area (Å²) in [5.74, 6) is 0. The lowest BCUT2D eigenvalue weighted by Gasteiger charge is -2.36. The van der Waals surface area contributed by atoms with Gasteiger partial charge in [0, 0.05) is 37.4 Å². The Hall–Kier alpha value is -2.96. The maximum absolute atomic E-state index is 13.6. The molecule has 0 saturated carbocycles. The van der Waals surface area contributed by atoms with E-state index in [0.717, 1.165) is 22.0 Å². The maximum atomic E-state index is 13.6. The molecule has 0 bridgehead atoms. The van der Waals surface area contributed by atoms with Crippen LogP contribution in [-0.4, -0.2) is 28.8 Å². The van der Waals surface area contributed by atoms with Crippen molar-refractivity contribution >= 4 is 20.8 Å². The summed E-state index contributed by atoms with van der Waals surface area (Å²) in [6, 6.07) is 20.5. The third-order valence-electron chi connectivity index (χ3n) is 5.32. The first kappa shape index (κ1) is 17.2. The molecule has 2 aromatic heterocycles. The van der Waals surface area contributed by atoms with Crippen LogP contribution in [0, 0.1) is 0 Å². The molecular formula is C22H19N3O2S. The first-order valence-electron chi connectivity index (χ1n) is 9.20. The number of hydrogen-bond donors (Lipinski definition) is 0. The second-order valence-electron chi connectivity index (χ2n) is 6.94. The first-order chi connectivity index (χ1) is 13.6. The topological polar surface area (TPSA) is 55.2 Å². The standard InChI is InChI=1S/C22H19N3O2S/c26-28(27,20-10-9-17-5-1-2-6-18(17)15-20)25-14-13-24-12-4-8-21(24)22(25)19-7-3-11-23-16-19/h1-12,15-16,22H,13-14H2. The van der Waals surface area contributed by atoms with Gasteiger partial charge in [0.2, 0.25) is 10.0 Å². The molecule has 1 atom stereocenters. The quantitative estimate of drug-likeness (QED) is 0.535. The normalized spacial score (nSPS) is 17.5. The predicted octanol–water partition coefficient (Wildman–Crippen LogP) is 3.83. The maximum Gasteiger partial charge on any atom is 0.244 e. The van der Waals surface area contributed by atoms with E-state index in [2.05, 4.69) is 9.55 Å². The van der Waals surface area contributed by atoms with Gasteiger partial charge in [-0.3, -0.25) is 4.98 Å². The van der Waals surface area contributed by atoms with Crippen molar-refractivity contribution in [3.05, 3.63) is 96.6 Å². The summed E-state index contributed by atoms with van der Waals surface area (Å²) in [5, 5.41) is 1.94. The van der Waals surface area contributed by atoms with Gasteiger partial charge in [-0.1, -0.05) is 36.4 Å². The van der Waals surface area contributed by atoms with Crippen molar-refractivity contribution in [1.29, 1.82) is 0 Å². The number of sulfonamides is 1. The van der Waals surface area contributed by atoms with Gasteiger partial charge in [-0.2, -0.15) is 4.31 Å². The molecule has 3 heterocycles. The minimum absolute atomic E-state index is 0.320. The van der Waals surface area contributed by atoms with Gasteiger partial charge >= 0.3 is 0 Å². The van der Waals surface area contributed by atoms with Gasteiger partial charge in [-0.05, 0) is 46.7 Å². The number of nitrogens with zero attached hydrogens (tertiary/aromatic N) is 3. The van der Waals surface area contributed by atoms with Crippen LogP contribution in [0.15, 0.2) is 90.2 Å². The molecule has 2 aromatic carbocycles. The molecule has 0 fully saturated rings. The molecule has 1 unspecified atom stereocenters. The molecular weight excluding hydrogens is 370 g/mol. The number of rotatable bonds is 3. The second kappa shape index (κ2) is 6.58. The molecule has 1 aliphatic heterocycles. The average molecular weight is 389 g/mol. The summed E-state index contributed by atoms with van der Waals surface area (Å²) < 4.78 is 31.0. The zero-order chi connectivity index (χ0) is 19.1. The molecule has 6 heteroatoms. The highest BCUT2D eigenvalue weighted by atomic mass is 32.2. The third-order valence-corrected chi connectivity index (χ3v) is 7.18. The van der Waals surface area contributed by atoms with Crippen molar-refractivity contribution < 1.29 is 8.42 Å². The Morgan fingerprint density at radius 3 is 2.57 bits per heavy atom. The van der Waals surface area contributed by atoms with Crippen molar-refractivity contribution in [3.63, 3.8) is 0 Å². The predicted molar refractivity (Wildman–Crippen MR) is 108 cm³/mol. The molecule has 140 valence electrons. The lowest BCUT2D eigenvalue weighted by molar-refractivity contribution is 0.298. The van der Waals surface area contributed by atoms with Crippen molar-refractivity contribution in [3.8, 4) is 0 Å². The Bertz CT molecular complexity index is 1250. The van der Waals surface area contributed by atoms with Crippen LogP contribution in [0.4, 0.5) is 0 Å². The zero-order valence-corrected chi connectivity index (χ0v) is 16.0. The first-order valence-corrected chi connectivity index (χ1v) is 10.6. The Balaban J connectivity index is 1.65. The lowest BCUT2D eigenvalue weighted by atomic mass is 10.0. The monoisotopic (exact) mass is 389 g/mol. The number of aromatic nitrogens is 2. The van der Waals surface area contributed by atoms with E-state index in [-0.39, 0.29) is 0 Å². The van der Waals surface area contributed by atoms with Crippen molar-refractivity contribution in [1.82, 2.24) is 13.9 Å². The molecule has 0 N–H and O–H groups in total. The highest BCUT2D eigenvalue weighted by Crippen LogP contribution is 2.36. The zero-order valence-electron chi connectivity index (χ0n) is 15.1. The van der Waals surface area contributed by atoms with Crippen molar-refractivity contribution in [2.24, 2.45) is 0 Å². The number of pyridine rings is 1. The summed E-state index contributed by atoms with van der Waals surface area (Å²) in [6.07, 6.45) is 5.45. The van der Waals surface area contributed by atoms with E-state index in [1.54, 1.807) is 28.8 Å². The SMILES string of the molecule is O=S(=O)(c1ccc2ccccc2c1)N1CCn2cccc2C1c1cccnc1. The number of fused-ring (bicyclic) bond motifs is 2. The van der Waals surface area contributed by atoms with Crippen molar-refractivity contribution in [2.45, 2.75) is 17.5 Å². The van der Waals surface area contributed by atoms with E-state index in [1.165, 1.54) is 0 Å². The van der Waals surface area contributed by atoms with Crippen LogP contribution in [0.25, 0.3) is 10.8 Å². The fraction of sp³-hybridized carbons (Fsp3) is 0.136. The van der Waals surface area contributed by atoms with Crippen LogP contribution in [0.2, 0.25) is 0 Å². The minimum Gasteiger partial charge on any atom is -0.348 e. The molecule has 0 radical (unpaired) electrons. The number of benzene rings is 2. The Morgan fingerprint density at radius 1 is 0.893 bits per heavy atom. The largest absolute Gasteiger partial charge is 0.348 e. The van der Waals surface area contributed by atoms with Gasteiger partial charge < -0.3 is 4.57 Å². The molecule has 1 aliphatic rings. The van der Waals surface area contributed by atoms with Gasteiger partial charge in [0.25, 0.3) is 0 Å². The Kier molecular flexibility index (Phi) is 4.03. The molecule has 28 heavy (non-hydrogen) atoms. The van der Waals surface area contributed by atoms with Crippen LogP contribution in [0.3, 0.4) is 0 Å². The fourth-order valence-corrected chi connectivity index (χ4v) is 5.57. The summed E-state index contributed by atoms with van der Waals surface area (Å²) in [4.78, 5) is 4.54. The molecule has 0 aliphatic carbocycles. The molecule has 5 nitrogen and oxygen atoms in total. The average Bonchev–Trinajstić information content (AvgIpc) is 3.22. The summed E-state index contributed by atoms with van der Waals surface area (Å²) >= 11 is 0. The molecule has 0 amide bonds. The van der Waals surface area contributed by atoms with Gasteiger partial charge in [0.1, 0.15) is 0 Å². The van der Waals surface area contributed by atoms with Gasteiger partial charge in [0.05, 0.1) is 10.9 Å². The Labute approximate surface area is 163 Å². The smallest absolute Gasteiger partial charge is 0.244 e. The summed E-state index contributed by atoms with van der Waals surface area (Å²) in [5.41, 5.74) is 1.83. The van der Waals surface area contributed by atoms with Gasteiger partial charge in [0.15, 0.2) is 0 Å². The highest BCUT2D eigenvalue weighted by Gasteiger charge is 2.37. The molecule has 0 saturated heterocycles. The van der Waals surface area contributed by atoms with Gasteiger partial charge in [-0.25, -0.2) is 8.42 Å². The van der Waals surface area contributed by atoms with Crippen LogP contribution < -0.4 is 0 Å². The Morgan fingerprint density at radius 2 is 1.75 bits per heavy atom. The van der Waals surface area contributed by atoms with E-state index in [9.17, 15) is 8.42 Å². The van der Waals surface area contributed by atoms with Crippen LogP contribution in [0.1, 0.15) is 17.3 Å². The molecule has 4 aromatic rings. The minimum atomic E-state index is -3.68. The van der Waals surface area contributed by atoms with E-state index >= 15 is 0 Å². The van der Waals surface area contributed by atoms with E-state index < -0.39 is 16.1 Å². The van der Waals surface area contributed by atoms with Crippen molar-refractivity contribution in [2.75, 3.05) is 6.54 Å². The van der Waals surface area contributed by atoms with E-state index in [1.807, 2.05) is 60.8 Å². The van der Waals surface area contributed by atoms with Crippen LogP contribution >= 0.6 is 0 Å². The number of hydrogen-bond acceptors (Lipinski definition) is 3. The third kappa shape index (κ3) is 2.73. The molecule has 0 spiro atoms. The van der Waals surface area contributed by atoms with E-state index in [0.29, 0.717) is 18.0 Å². The van der Waals surface area contributed by atoms with Crippen LogP contribution in [-0.2, 0) is 16.6 Å². The highest BCUT2D eigenvalue weighted by molar-refractivity contribution is 7.89. The molecule has 5 rings (SSSR count). The second-order valence-corrected chi connectivity index (χ2v) is 8.83. The van der Waals surface area contributed by atoms with Gasteiger partial charge in [-0.15, -0.1) is 0 Å². The lowest BCUT2D eigenvalue weighted by Crippen LogP contribution is -2.42. The van der Waals surface area contributed by atoms with E-state index in [4.69, 9.17) is 0 Å². The van der Waals surface area contributed by atoms with Crippen LogP contribution in [0.5, 0.6) is 0 Å². The summed E-state index contributed by atoms with van der Waals surface area (Å²) in [6.45, 7) is 1.04. The summed E-state index contributed by atoms with van der Waals surface area (Å²) in [7, 11) is -3.68.